The number of ketones is 1. The molecule has 0 radical (unpaired) electrons. The minimum atomic E-state index is -0.491. The van der Waals surface area contributed by atoms with Crippen molar-refractivity contribution >= 4 is 11.7 Å². The van der Waals surface area contributed by atoms with Gasteiger partial charge in [-0.1, -0.05) is 12.1 Å². The number of nitrogens with zero attached hydrogens (tertiary/aromatic N) is 1. The van der Waals surface area contributed by atoms with Crippen molar-refractivity contribution in [3.63, 3.8) is 0 Å². The normalized spacial score (nSPS) is 16.3. The topological polar surface area (TPSA) is 118 Å². The van der Waals surface area contributed by atoms with E-state index in [0.717, 1.165) is 11.1 Å². The number of benzene rings is 2. The number of carbonyl (C=O) groups is 2. The van der Waals surface area contributed by atoms with E-state index >= 15 is 0 Å². The molecule has 0 fully saturated rings. The molecule has 2 aromatic carbocycles. The molecule has 0 saturated carbocycles. The Morgan fingerprint density at radius 3 is 2.47 bits per heavy atom. The lowest BCUT2D eigenvalue weighted by atomic mass is 9.95. The molecule has 1 aliphatic rings. The van der Waals surface area contributed by atoms with E-state index in [2.05, 4.69) is 4.98 Å². The fraction of sp³-hybridized carbons (Fsp3) is 0.174. The van der Waals surface area contributed by atoms with Gasteiger partial charge in [0.05, 0.1) is 18.1 Å². The summed E-state index contributed by atoms with van der Waals surface area (Å²) in [5.74, 6) is 0.208. The van der Waals surface area contributed by atoms with Gasteiger partial charge in [0.15, 0.2) is 5.78 Å². The molecule has 1 amide bonds. The van der Waals surface area contributed by atoms with E-state index in [9.17, 15) is 9.59 Å². The lowest BCUT2D eigenvalue weighted by Crippen LogP contribution is -2.33. The van der Waals surface area contributed by atoms with Crippen LogP contribution in [0.3, 0.4) is 0 Å². The molecular weight excluding hydrogens is 382 g/mol. The molecule has 1 aliphatic heterocycles. The number of nitrogens with two attached hydrogens (primary N) is 2. The number of carbonyl (C=O) groups excluding carboxylic acids is 2. The second-order valence-electron chi connectivity index (χ2n) is 7.03. The van der Waals surface area contributed by atoms with Gasteiger partial charge in [-0.25, -0.2) is 0 Å². The summed E-state index contributed by atoms with van der Waals surface area (Å²) in [5.41, 5.74) is 13.6. The lowest BCUT2D eigenvalue weighted by Gasteiger charge is -2.25. The van der Waals surface area contributed by atoms with Crippen molar-refractivity contribution in [2.45, 2.75) is 6.10 Å². The van der Waals surface area contributed by atoms with Crippen LogP contribution in [0.1, 0.15) is 37.9 Å². The van der Waals surface area contributed by atoms with Gasteiger partial charge >= 0.3 is 0 Å². The number of aromatic nitrogens is 1. The van der Waals surface area contributed by atoms with Crippen LogP contribution in [0.4, 0.5) is 0 Å². The van der Waals surface area contributed by atoms with E-state index in [1.54, 1.807) is 54.9 Å². The van der Waals surface area contributed by atoms with Crippen LogP contribution in [-0.2, 0) is 0 Å². The summed E-state index contributed by atoms with van der Waals surface area (Å²) >= 11 is 0. The number of primary amides is 1. The number of ether oxygens (including phenoxy) is 2. The Kier molecular flexibility index (Phi) is 5.45. The van der Waals surface area contributed by atoms with E-state index in [4.69, 9.17) is 20.9 Å². The zero-order valence-electron chi connectivity index (χ0n) is 16.2. The van der Waals surface area contributed by atoms with E-state index in [0.29, 0.717) is 22.6 Å². The number of fused-ring (bicyclic) bond motifs is 1. The minimum absolute atomic E-state index is 0.0157. The fourth-order valence-corrected chi connectivity index (χ4v) is 3.39. The van der Waals surface area contributed by atoms with Crippen molar-refractivity contribution < 1.29 is 19.1 Å². The van der Waals surface area contributed by atoms with Crippen molar-refractivity contribution in [3.8, 4) is 11.5 Å². The molecular formula is C23H21N3O4. The Morgan fingerprint density at radius 1 is 1.10 bits per heavy atom. The monoisotopic (exact) mass is 403 g/mol. The third-order valence-electron chi connectivity index (χ3n) is 5.07. The van der Waals surface area contributed by atoms with Crippen LogP contribution in [0.5, 0.6) is 11.5 Å². The van der Waals surface area contributed by atoms with Crippen molar-refractivity contribution in [2.75, 3.05) is 13.2 Å². The summed E-state index contributed by atoms with van der Waals surface area (Å²) in [6.45, 7) is 0.510. The maximum Gasteiger partial charge on any atom is 0.248 e. The summed E-state index contributed by atoms with van der Waals surface area (Å²) in [7, 11) is 0. The van der Waals surface area contributed by atoms with Crippen molar-refractivity contribution in [1.82, 2.24) is 4.98 Å². The molecule has 152 valence electrons. The maximum absolute atomic E-state index is 12.5. The van der Waals surface area contributed by atoms with Crippen LogP contribution in [-0.4, -0.2) is 29.8 Å². The maximum atomic E-state index is 12.5. The number of Topliss-reactive ketones (excluding diaryl/α,β-unsaturated/α-hetero) is 1. The summed E-state index contributed by atoms with van der Waals surface area (Å²) in [6.07, 6.45) is 2.92. The van der Waals surface area contributed by atoms with Gasteiger partial charge in [0.1, 0.15) is 17.6 Å². The smallest absolute Gasteiger partial charge is 0.248 e. The van der Waals surface area contributed by atoms with Gasteiger partial charge in [0.25, 0.3) is 0 Å². The highest BCUT2D eigenvalue weighted by Gasteiger charge is 2.28. The molecule has 0 bridgehead atoms. The average molecular weight is 403 g/mol. The predicted molar refractivity (Wildman–Crippen MR) is 110 cm³/mol. The van der Waals surface area contributed by atoms with Crippen molar-refractivity contribution in [2.24, 2.45) is 17.4 Å². The third kappa shape index (κ3) is 3.88. The van der Waals surface area contributed by atoms with Crippen LogP contribution in [0, 0.1) is 5.92 Å². The van der Waals surface area contributed by atoms with Crippen molar-refractivity contribution in [3.05, 3.63) is 89.2 Å². The molecule has 4 N–H and O–H groups in total. The lowest BCUT2D eigenvalue weighted by molar-refractivity contribution is 0.0838. The van der Waals surface area contributed by atoms with Gasteiger partial charge in [-0.05, 0) is 47.5 Å². The molecule has 1 aromatic heterocycles. The Balaban J connectivity index is 1.66. The largest absolute Gasteiger partial charge is 0.492 e. The molecule has 2 atom stereocenters. The molecule has 4 rings (SSSR count). The highest BCUT2D eigenvalue weighted by Crippen LogP contribution is 2.34. The van der Waals surface area contributed by atoms with E-state index in [1.807, 2.05) is 12.1 Å². The molecule has 0 spiro atoms. The fourth-order valence-electron chi connectivity index (χ4n) is 3.39. The van der Waals surface area contributed by atoms with Gasteiger partial charge in [-0.2, -0.15) is 0 Å². The second-order valence-corrected chi connectivity index (χ2v) is 7.03. The SMILES string of the molecule is NCC1COc2cc(O[C@@H](c3ccncc3)c3ccc(C(N)=O)cc3)ccc2C1=O. The number of hydrogen-bond acceptors (Lipinski definition) is 6. The molecule has 30 heavy (non-hydrogen) atoms. The number of amides is 1. The number of hydrogen-bond donors (Lipinski definition) is 2. The van der Waals surface area contributed by atoms with Gasteiger partial charge < -0.3 is 20.9 Å². The molecule has 7 heteroatoms. The first-order valence-corrected chi connectivity index (χ1v) is 9.54. The van der Waals surface area contributed by atoms with Gasteiger partial charge in [-0.15, -0.1) is 0 Å². The van der Waals surface area contributed by atoms with Gasteiger partial charge in [-0.3, -0.25) is 14.6 Å². The van der Waals surface area contributed by atoms with E-state index in [1.165, 1.54) is 0 Å². The Hall–Kier alpha value is -3.71. The summed E-state index contributed by atoms with van der Waals surface area (Å²) in [6, 6.07) is 15.8. The average Bonchev–Trinajstić information content (AvgIpc) is 2.78. The first-order valence-electron chi connectivity index (χ1n) is 9.54. The molecule has 2 heterocycles. The molecule has 7 nitrogen and oxygen atoms in total. The zero-order chi connectivity index (χ0) is 21.1. The summed E-state index contributed by atoms with van der Waals surface area (Å²) < 4.78 is 12.0. The van der Waals surface area contributed by atoms with Gasteiger partial charge in [0, 0.05) is 30.6 Å². The van der Waals surface area contributed by atoms with Crippen LogP contribution in [0.2, 0.25) is 0 Å². The van der Waals surface area contributed by atoms with Crippen LogP contribution in [0.25, 0.3) is 0 Å². The highest BCUT2D eigenvalue weighted by atomic mass is 16.5. The van der Waals surface area contributed by atoms with Gasteiger partial charge in [0.2, 0.25) is 5.91 Å². The first-order chi connectivity index (χ1) is 14.6. The van der Waals surface area contributed by atoms with Crippen LogP contribution in [0.15, 0.2) is 67.0 Å². The zero-order valence-corrected chi connectivity index (χ0v) is 16.2. The second kappa shape index (κ2) is 8.34. The standard InChI is InChI=1S/C23H21N3O4/c24-12-17-13-29-20-11-18(5-6-19(20)21(17)27)30-22(15-7-9-26-10-8-15)14-1-3-16(4-2-14)23(25)28/h1-11,17,22H,12-13,24H2,(H2,25,28)/t17?,22-/m1/s1. The quantitative estimate of drug-likeness (QED) is 0.653. The number of rotatable bonds is 6. The minimum Gasteiger partial charge on any atom is -0.492 e. The van der Waals surface area contributed by atoms with E-state index < -0.39 is 12.0 Å². The van der Waals surface area contributed by atoms with Crippen LogP contribution >= 0.6 is 0 Å². The van der Waals surface area contributed by atoms with Crippen LogP contribution < -0.4 is 20.9 Å². The molecule has 0 aliphatic carbocycles. The van der Waals surface area contributed by atoms with E-state index in [-0.39, 0.29) is 24.9 Å². The Labute approximate surface area is 173 Å². The molecule has 1 unspecified atom stereocenters. The summed E-state index contributed by atoms with van der Waals surface area (Å²) in [4.78, 5) is 27.9. The Morgan fingerprint density at radius 2 is 1.80 bits per heavy atom. The first kappa shape index (κ1) is 19.6. The third-order valence-corrected chi connectivity index (χ3v) is 5.07. The predicted octanol–water partition coefficient (Wildman–Crippen LogP) is 2.50. The summed E-state index contributed by atoms with van der Waals surface area (Å²) in [5, 5.41) is 0. The van der Waals surface area contributed by atoms with Crippen molar-refractivity contribution in [1.29, 1.82) is 0 Å². The Bertz CT molecular complexity index is 1070. The highest BCUT2D eigenvalue weighted by molar-refractivity contribution is 6.01. The molecule has 0 saturated heterocycles. The molecule has 3 aromatic rings. The number of pyridine rings is 1.